The Morgan fingerprint density at radius 1 is 1.29 bits per heavy atom. The molecule has 0 aliphatic heterocycles. The number of hydrogen-bond donors (Lipinski definition) is 0. The van der Waals surface area contributed by atoms with Gasteiger partial charge in [-0.2, -0.15) is 0 Å². The first kappa shape index (κ1) is 12.4. The molecule has 0 N–H and O–H groups in total. The summed E-state index contributed by atoms with van der Waals surface area (Å²) in [5.74, 6) is -0.253. The van der Waals surface area contributed by atoms with Crippen LogP contribution < -0.4 is 0 Å². The number of rotatable bonds is 5. The van der Waals surface area contributed by atoms with Crippen molar-refractivity contribution in [2.75, 3.05) is 13.2 Å². The van der Waals surface area contributed by atoms with E-state index in [1.54, 1.807) is 6.07 Å². The van der Waals surface area contributed by atoms with Crippen molar-refractivity contribution >= 4 is 21.6 Å². The van der Waals surface area contributed by atoms with Crippen molar-refractivity contribution in [3.63, 3.8) is 0 Å². The molecule has 1 aromatic heterocycles. The number of ether oxygens (including phenoxy) is 2. The SMILES string of the molecule is CCOC(OCC)c1nc2ccc(F)cc2s1. The van der Waals surface area contributed by atoms with Crippen LogP contribution in [0.25, 0.3) is 10.2 Å². The van der Waals surface area contributed by atoms with Gasteiger partial charge in [-0.25, -0.2) is 9.37 Å². The Hall–Kier alpha value is -1.04. The molecule has 2 rings (SSSR count). The van der Waals surface area contributed by atoms with Crippen LogP contribution in [0, 0.1) is 5.82 Å². The molecular formula is C12H14FNO2S. The predicted molar refractivity (Wildman–Crippen MR) is 65.6 cm³/mol. The van der Waals surface area contributed by atoms with Gasteiger partial charge in [-0.1, -0.05) is 0 Å². The van der Waals surface area contributed by atoms with E-state index < -0.39 is 6.29 Å². The molecule has 0 spiro atoms. The largest absolute Gasteiger partial charge is 0.347 e. The second-order valence-corrected chi connectivity index (χ2v) is 4.47. The topological polar surface area (TPSA) is 31.4 Å². The van der Waals surface area contributed by atoms with Gasteiger partial charge in [-0.15, -0.1) is 11.3 Å². The van der Waals surface area contributed by atoms with E-state index in [0.717, 1.165) is 15.2 Å². The summed E-state index contributed by atoms with van der Waals surface area (Å²) >= 11 is 1.40. The van der Waals surface area contributed by atoms with Gasteiger partial charge in [0.25, 0.3) is 0 Å². The molecule has 1 heterocycles. The lowest BCUT2D eigenvalue weighted by Gasteiger charge is -2.13. The number of halogens is 1. The summed E-state index contributed by atoms with van der Waals surface area (Å²) in [5, 5.41) is 0.731. The average molecular weight is 255 g/mol. The Bertz CT molecular complexity index is 494. The summed E-state index contributed by atoms with van der Waals surface area (Å²) < 4.78 is 24.8. The zero-order valence-electron chi connectivity index (χ0n) is 9.77. The third kappa shape index (κ3) is 2.80. The van der Waals surface area contributed by atoms with Crippen LogP contribution in [0.2, 0.25) is 0 Å². The van der Waals surface area contributed by atoms with E-state index in [1.807, 2.05) is 13.8 Å². The summed E-state index contributed by atoms with van der Waals surface area (Å²) in [6.45, 7) is 4.90. The molecule has 2 aromatic rings. The van der Waals surface area contributed by atoms with Crippen LogP contribution in [0.4, 0.5) is 4.39 Å². The van der Waals surface area contributed by atoms with E-state index in [0.29, 0.717) is 13.2 Å². The molecule has 0 aliphatic carbocycles. The normalized spacial score (nSPS) is 11.5. The third-order valence-corrected chi connectivity index (χ3v) is 3.24. The molecule has 0 bridgehead atoms. The van der Waals surface area contributed by atoms with Crippen molar-refractivity contribution in [2.24, 2.45) is 0 Å². The van der Waals surface area contributed by atoms with E-state index in [4.69, 9.17) is 9.47 Å². The van der Waals surface area contributed by atoms with Crippen molar-refractivity contribution in [2.45, 2.75) is 20.1 Å². The maximum absolute atomic E-state index is 13.1. The molecule has 92 valence electrons. The smallest absolute Gasteiger partial charge is 0.210 e. The zero-order chi connectivity index (χ0) is 12.3. The van der Waals surface area contributed by atoms with E-state index in [2.05, 4.69) is 4.98 Å². The Morgan fingerprint density at radius 2 is 2.00 bits per heavy atom. The highest BCUT2D eigenvalue weighted by Crippen LogP contribution is 2.29. The Balaban J connectivity index is 2.33. The fourth-order valence-electron chi connectivity index (χ4n) is 1.51. The molecule has 0 radical (unpaired) electrons. The molecular weight excluding hydrogens is 241 g/mol. The van der Waals surface area contributed by atoms with Crippen LogP contribution in [0.5, 0.6) is 0 Å². The van der Waals surface area contributed by atoms with E-state index in [-0.39, 0.29) is 5.82 Å². The minimum atomic E-state index is -0.453. The summed E-state index contributed by atoms with van der Waals surface area (Å²) in [4.78, 5) is 4.39. The van der Waals surface area contributed by atoms with Gasteiger partial charge in [-0.3, -0.25) is 0 Å². The Morgan fingerprint density at radius 3 is 2.65 bits per heavy atom. The second-order valence-electron chi connectivity index (χ2n) is 3.41. The zero-order valence-corrected chi connectivity index (χ0v) is 10.6. The highest BCUT2D eigenvalue weighted by atomic mass is 32.1. The van der Waals surface area contributed by atoms with Crippen LogP contribution in [-0.2, 0) is 9.47 Å². The van der Waals surface area contributed by atoms with Crippen molar-refractivity contribution in [3.8, 4) is 0 Å². The molecule has 0 atom stereocenters. The van der Waals surface area contributed by atoms with Gasteiger partial charge in [0.2, 0.25) is 6.29 Å². The van der Waals surface area contributed by atoms with Crippen LogP contribution in [0.15, 0.2) is 18.2 Å². The van der Waals surface area contributed by atoms with Gasteiger partial charge in [-0.05, 0) is 32.0 Å². The highest BCUT2D eigenvalue weighted by molar-refractivity contribution is 7.18. The fraction of sp³-hybridized carbons (Fsp3) is 0.417. The van der Waals surface area contributed by atoms with Crippen LogP contribution >= 0.6 is 11.3 Å². The number of nitrogens with zero attached hydrogens (tertiary/aromatic N) is 1. The Labute approximate surface area is 103 Å². The van der Waals surface area contributed by atoms with Crippen LogP contribution in [0.3, 0.4) is 0 Å². The lowest BCUT2D eigenvalue weighted by Crippen LogP contribution is -2.08. The van der Waals surface area contributed by atoms with Gasteiger partial charge < -0.3 is 9.47 Å². The number of thiazole rings is 1. The van der Waals surface area contributed by atoms with E-state index >= 15 is 0 Å². The van der Waals surface area contributed by atoms with Crippen molar-refractivity contribution in [1.29, 1.82) is 0 Å². The minimum absolute atomic E-state index is 0.253. The highest BCUT2D eigenvalue weighted by Gasteiger charge is 2.16. The van der Waals surface area contributed by atoms with Crippen LogP contribution in [0.1, 0.15) is 25.1 Å². The Kier molecular flexibility index (Phi) is 4.04. The summed E-state index contributed by atoms with van der Waals surface area (Å²) in [5.41, 5.74) is 0.774. The monoisotopic (exact) mass is 255 g/mol. The second kappa shape index (κ2) is 5.53. The van der Waals surface area contributed by atoms with E-state index in [1.165, 1.54) is 23.5 Å². The minimum Gasteiger partial charge on any atom is -0.347 e. The molecule has 0 fully saturated rings. The summed E-state index contributed by atoms with van der Waals surface area (Å²) in [6, 6.07) is 4.55. The number of hydrogen-bond acceptors (Lipinski definition) is 4. The van der Waals surface area contributed by atoms with Gasteiger partial charge in [0.15, 0.2) is 5.01 Å². The molecule has 0 saturated heterocycles. The average Bonchev–Trinajstić information content (AvgIpc) is 2.71. The molecule has 0 saturated carbocycles. The molecule has 0 aliphatic rings. The van der Waals surface area contributed by atoms with Crippen molar-refractivity contribution in [3.05, 3.63) is 29.0 Å². The molecule has 0 unspecified atom stereocenters. The first-order valence-electron chi connectivity index (χ1n) is 5.53. The maximum Gasteiger partial charge on any atom is 0.210 e. The fourth-order valence-corrected chi connectivity index (χ4v) is 2.50. The van der Waals surface area contributed by atoms with E-state index in [9.17, 15) is 4.39 Å². The maximum atomic E-state index is 13.1. The lowest BCUT2D eigenvalue weighted by molar-refractivity contribution is -0.140. The van der Waals surface area contributed by atoms with Crippen molar-refractivity contribution in [1.82, 2.24) is 4.98 Å². The number of aromatic nitrogens is 1. The molecule has 5 heteroatoms. The quantitative estimate of drug-likeness (QED) is 0.766. The predicted octanol–water partition coefficient (Wildman–Crippen LogP) is 3.51. The number of benzene rings is 1. The van der Waals surface area contributed by atoms with Gasteiger partial charge in [0.05, 0.1) is 10.2 Å². The lowest BCUT2D eigenvalue weighted by atomic mass is 10.3. The molecule has 17 heavy (non-hydrogen) atoms. The molecule has 0 amide bonds. The van der Waals surface area contributed by atoms with Gasteiger partial charge >= 0.3 is 0 Å². The molecule has 3 nitrogen and oxygen atoms in total. The van der Waals surface area contributed by atoms with Gasteiger partial charge in [0, 0.05) is 13.2 Å². The standard InChI is InChI=1S/C12H14FNO2S/c1-3-15-12(16-4-2)11-14-9-6-5-8(13)7-10(9)17-11/h5-7,12H,3-4H2,1-2H3. The summed E-state index contributed by atoms with van der Waals surface area (Å²) in [6.07, 6.45) is -0.453. The first-order valence-corrected chi connectivity index (χ1v) is 6.35. The van der Waals surface area contributed by atoms with Crippen LogP contribution in [-0.4, -0.2) is 18.2 Å². The third-order valence-electron chi connectivity index (χ3n) is 2.20. The number of fused-ring (bicyclic) bond motifs is 1. The van der Waals surface area contributed by atoms with Gasteiger partial charge in [0.1, 0.15) is 5.82 Å². The molecule has 1 aromatic carbocycles. The first-order chi connectivity index (χ1) is 8.24. The van der Waals surface area contributed by atoms with Crippen molar-refractivity contribution < 1.29 is 13.9 Å². The summed E-state index contributed by atoms with van der Waals surface area (Å²) in [7, 11) is 0.